The van der Waals surface area contributed by atoms with Crippen LogP contribution in [0.1, 0.15) is 289 Å². The fourth-order valence-corrected chi connectivity index (χ4v) is 9.87. The van der Waals surface area contributed by atoms with Gasteiger partial charge in [-0.05, 0) is 100 Å². The average Bonchev–Trinajstić information content (AvgIpc) is 3.39. The summed E-state index contributed by atoms with van der Waals surface area (Å²) in [7, 11) is 0. The van der Waals surface area contributed by atoms with E-state index in [2.05, 4.69) is 154 Å². The molecule has 0 aromatic carbocycles. The minimum Gasteiger partial charge on any atom is -0.481 e. The standard InChI is InChI=1S/C40H52O2.2C16H32O2/c1-29(17-13-19-31(3)21-23-35-33(5)37(41)25-27-39(35,7)8)15-11-12-16-30(2)18-14-20-32(4)22-24-36-34(6)38(42)26-28-40(36,9)10;2*1-2-3-4-5-6-7-8-9-10-11-12-13-14-15-16(17)18/h11-24H,25-28H2,1-10H3;2*2-15H2,1H3,(H,17,18)/b12-11+,17-13+,18-14+,23-21+,24-22+,29-15+,30-16+,31-19+,32-20+;;. The number of carbonyl (C=O) groups excluding carboxylic acids is 2. The highest BCUT2D eigenvalue weighted by molar-refractivity contribution is 5.97. The SMILES string of the molecule is CC1=C(/C=C/C(C)=C/C=C/C(C)=C/C=C/C=C(C)/C=C/C=C(C)/C=C/C2=C(C)C(=O)CCC2(C)C)C(C)(C)CCC1=O.CCCCCCCCCCCCCCCC(=O)O.CCCCCCCCCCCCCCCC(=O)O. The van der Waals surface area contributed by atoms with Crippen LogP contribution in [0.15, 0.2) is 130 Å². The second-order valence-corrected chi connectivity index (χ2v) is 23.9. The molecule has 0 bridgehead atoms. The van der Waals surface area contributed by atoms with Crippen LogP contribution in [0.5, 0.6) is 0 Å². The topological polar surface area (TPSA) is 109 Å². The summed E-state index contributed by atoms with van der Waals surface area (Å²) in [6.07, 6.45) is 66.9. The molecular formula is C72H116O6. The lowest BCUT2D eigenvalue weighted by atomic mass is 9.72. The third-order valence-corrected chi connectivity index (χ3v) is 15.3. The molecule has 0 saturated carbocycles. The first-order chi connectivity index (χ1) is 37.2. The molecule has 6 nitrogen and oxygen atoms in total. The molecule has 0 spiro atoms. The molecule has 2 aliphatic rings. The molecule has 440 valence electrons. The van der Waals surface area contributed by atoms with E-state index in [0.717, 1.165) is 83.1 Å². The highest BCUT2D eigenvalue weighted by atomic mass is 16.4. The van der Waals surface area contributed by atoms with Crippen LogP contribution in [0.3, 0.4) is 0 Å². The molecule has 0 aromatic rings. The van der Waals surface area contributed by atoms with Crippen molar-refractivity contribution >= 4 is 23.5 Å². The van der Waals surface area contributed by atoms with Gasteiger partial charge in [-0.15, -0.1) is 0 Å². The number of hydrogen-bond donors (Lipinski definition) is 2. The number of aliphatic carboxylic acids is 2. The zero-order valence-corrected chi connectivity index (χ0v) is 52.2. The summed E-state index contributed by atoms with van der Waals surface area (Å²) < 4.78 is 0. The highest BCUT2D eigenvalue weighted by Crippen LogP contribution is 2.40. The number of carboxylic acid groups (broad SMARTS) is 2. The number of Topliss-reactive ketones (excluding diaryl/α,β-unsaturated/α-hetero) is 2. The summed E-state index contributed by atoms with van der Waals surface area (Å²) in [6.45, 7) is 25.6. The minimum atomic E-state index is -0.655. The number of allylic oxidation sites excluding steroid dienone is 22. The summed E-state index contributed by atoms with van der Waals surface area (Å²) in [5, 5.41) is 17.0. The summed E-state index contributed by atoms with van der Waals surface area (Å²) in [5.41, 5.74) is 8.82. The number of carboxylic acids is 2. The Bertz CT molecular complexity index is 1920. The molecule has 0 saturated heterocycles. The fourth-order valence-electron chi connectivity index (χ4n) is 9.87. The Hall–Kier alpha value is -4.58. The monoisotopic (exact) mass is 1080 g/mol. The van der Waals surface area contributed by atoms with Crippen molar-refractivity contribution in [2.24, 2.45) is 10.8 Å². The highest BCUT2D eigenvalue weighted by Gasteiger charge is 2.31. The third kappa shape index (κ3) is 39.7. The molecular weight excluding hydrogens is 961 g/mol. The van der Waals surface area contributed by atoms with Crippen molar-refractivity contribution in [3.8, 4) is 0 Å². The van der Waals surface area contributed by atoms with Crippen LogP contribution in [0, 0.1) is 10.8 Å². The fraction of sp³-hybridized carbons (Fsp3) is 0.639. The lowest BCUT2D eigenvalue weighted by molar-refractivity contribution is -0.138. The van der Waals surface area contributed by atoms with E-state index in [4.69, 9.17) is 10.2 Å². The van der Waals surface area contributed by atoms with Crippen LogP contribution in [0.2, 0.25) is 0 Å². The zero-order chi connectivity index (χ0) is 58.5. The lowest BCUT2D eigenvalue weighted by Gasteiger charge is -2.32. The zero-order valence-electron chi connectivity index (χ0n) is 52.2. The Morgan fingerprint density at radius 3 is 0.910 bits per heavy atom. The smallest absolute Gasteiger partial charge is 0.303 e. The summed E-state index contributed by atoms with van der Waals surface area (Å²) >= 11 is 0. The van der Waals surface area contributed by atoms with Crippen molar-refractivity contribution in [1.82, 2.24) is 0 Å². The van der Waals surface area contributed by atoms with E-state index in [-0.39, 0.29) is 22.4 Å². The number of hydrogen-bond acceptors (Lipinski definition) is 4. The van der Waals surface area contributed by atoms with E-state index in [1.165, 1.54) is 141 Å². The number of carbonyl (C=O) groups is 4. The van der Waals surface area contributed by atoms with E-state index in [1.54, 1.807) is 0 Å². The molecule has 0 amide bonds. The van der Waals surface area contributed by atoms with Crippen molar-refractivity contribution in [2.75, 3.05) is 0 Å². The van der Waals surface area contributed by atoms with Gasteiger partial charge < -0.3 is 10.2 Å². The van der Waals surface area contributed by atoms with E-state index in [9.17, 15) is 19.2 Å². The van der Waals surface area contributed by atoms with Gasteiger partial charge in [0.05, 0.1) is 0 Å². The first kappa shape index (κ1) is 73.4. The van der Waals surface area contributed by atoms with Crippen molar-refractivity contribution in [3.63, 3.8) is 0 Å². The van der Waals surface area contributed by atoms with Crippen LogP contribution in [0.25, 0.3) is 0 Å². The van der Waals surface area contributed by atoms with E-state index in [1.807, 2.05) is 13.8 Å². The first-order valence-electron chi connectivity index (χ1n) is 31.2. The quantitative estimate of drug-likeness (QED) is 0.0471. The van der Waals surface area contributed by atoms with Gasteiger partial charge in [-0.1, -0.05) is 303 Å². The molecule has 2 aliphatic carbocycles. The summed E-state index contributed by atoms with van der Waals surface area (Å²) in [5.74, 6) is -0.767. The van der Waals surface area contributed by atoms with Gasteiger partial charge in [-0.2, -0.15) is 0 Å². The third-order valence-electron chi connectivity index (χ3n) is 15.3. The Kier molecular flexibility index (Phi) is 43.5. The number of unbranched alkanes of at least 4 members (excludes halogenated alkanes) is 24. The van der Waals surface area contributed by atoms with Crippen molar-refractivity contribution in [2.45, 2.75) is 289 Å². The van der Waals surface area contributed by atoms with E-state index < -0.39 is 11.9 Å². The molecule has 6 heteroatoms. The van der Waals surface area contributed by atoms with Crippen LogP contribution in [-0.2, 0) is 19.2 Å². The largest absolute Gasteiger partial charge is 0.481 e. The molecule has 0 unspecified atom stereocenters. The van der Waals surface area contributed by atoms with Gasteiger partial charge in [0.15, 0.2) is 11.6 Å². The molecule has 0 heterocycles. The second kappa shape index (κ2) is 46.2. The Morgan fingerprint density at radius 1 is 0.397 bits per heavy atom. The maximum absolute atomic E-state index is 12.2. The van der Waals surface area contributed by atoms with E-state index >= 15 is 0 Å². The average molecular weight is 1080 g/mol. The van der Waals surface area contributed by atoms with Crippen molar-refractivity contribution < 1.29 is 29.4 Å². The van der Waals surface area contributed by atoms with E-state index in [0.29, 0.717) is 25.7 Å². The van der Waals surface area contributed by atoms with Crippen molar-refractivity contribution in [1.29, 1.82) is 0 Å². The van der Waals surface area contributed by atoms with Gasteiger partial charge in [-0.3, -0.25) is 19.2 Å². The van der Waals surface area contributed by atoms with Gasteiger partial charge in [0, 0.05) is 25.7 Å². The molecule has 0 aliphatic heterocycles. The molecule has 78 heavy (non-hydrogen) atoms. The van der Waals surface area contributed by atoms with Crippen molar-refractivity contribution in [3.05, 3.63) is 130 Å². The van der Waals surface area contributed by atoms with Gasteiger partial charge in [-0.25, -0.2) is 0 Å². The Morgan fingerprint density at radius 2 is 0.641 bits per heavy atom. The Balaban J connectivity index is 0.00000136. The van der Waals surface area contributed by atoms with Crippen LogP contribution < -0.4 is 0 Å². The van der Waals surface area contributed by atoms with Gasteiger partial charge in [0.2, 0.25) is 0 Å². The first-order valence-corrected chi connectivity index (χ1v) is 31.2. The van der Waals surface area contributed by atoms with Crippen LogP contribution in [0.4, 0.5) is 0 Å². The predicted molar refractivity (Wildman–Crippen MR) is 338 cm³/mol. The molecule has 0 radical (unpaired) electrons. The van der Waals surface area contributed by atoms with Crippen LogP contribution >= 0.6 is 0 Å². The van der Waals surface area contributed by atoms with Gasteiger partial charge in [0.25, 0.3) is 0 Å². The minimum absolute atomic E-state index is 0.0404. The van der Waals surface area contributed by atoms with Crippen LogP contribution in [-0.4, -0.2) is 33.7 Å². The molecule has 2 rings (SSSR count). The maximum Gasteiger partial charge on any atom is 0.303 e. The predicted octanol–water partition coefficient (Wildman–Crippen LogP) is 22.1. The van der Waals surface area contributed by atoms with Gasteiger partial charge in [0.1, 0.15) is 0 Å². The Labute approximate surface area is 479 Å². The molecule has 2 N–H and O–H groups in total. The normalized spacial score (nSPS) is 16.6. The summed E-state index contributed by atoms with van der Waals surface area (Å²) in [6, 6.07) is 0. The summed E-state index contributed by atoms with van der Waals surface area (Å²) in [4.78, 5) is 44.9. The lowest BCUT2D eigenvalue weighted by Crippen LogP contribution is -2.24. The molecule has 0 fully saturated rings. The molecule has 0 atom stereocenters. The number of rotatable bonds is 38. The number of ketones is 2. The second-order valence-electron chi connectivity index (χ2n) is 23.9. The van der Waals surface area contributed by atoms with Gasteiger partial charge >= 0.3 is 11.9 Å². The molecule has 0 aromatic heterocycles. The maximum atomic E-state index is 12.2.